The number of hydrogen-bond acceptors (Lipinski definition) is 7. The van der Waals surface area contributed by atoms with E-state index in [0.29, 0.717) is 42.8 Å². The first-order valence-corrected chi connectivity index (χ1v) is 14.6. The maximum Gasteiger partial charge on any atom is 0.266 e. The lowest BCUT2D eigenvalue weighted by atomic mass is 9.90. The van der Waals surface area contributed by atoms with E-state index in [9.17, 15) is 9.59 Å². The van der Waals surface area contributed by atoms with Gasteiger partial charge < -0.3 is 14.2 Å². The minimum atomic E-state index is -0.954. The number of hydroxylamine groups is 1. The summed E-state index contributed by atoms with van der Waals surface area (Å²) in [6.07, 6.45) is 3.01. The lowest BCUT2D eigenvalue weighted by molar-refractivity contribution is -0.126. The fraction of sp³-hybridized carbons (Fsp3) is 0.394. The van der Waals surface area contributed by atoms with Gasteiger partial charge in [-0.15, -0.1) is 0 Å². The van der Waals surface area contributed by atoms with Crippen molar-refractivity contribution < 1.29 is 28.6 Å². The third-order valence-corrected chi connectivity index (χ3v) is 7.35. The minimum absolute atomic E-state index is 0.302. The molecule has 3 aromatic carbocycles. The van der Waals surface area contributed by atoms with Gasteiger partial charge in [0.15, 0.2) is 17.6 Å². The quantitative estimate of drug-likeness (QED) is 0.175. The Kier molecular flexibility index (Phi) is 9.09. The second-order valence-corrected chi connectivity index (χ2v) is 10.2. The molecule has 0 aliphatic carbocycles. The average Bonchev–Trinajstić information content (AvgIpc) is 3.50. The van der Waals surface area contributed by atoms with Crippen molar-refractivity contribution in [2.24, 2.45) is 5.92 Å². The molecule has 216 valence electrons. The molecule has 0 aromatic heterocycles. The van der Waals surface area contributed by atoms with Gasteiger partial charge in [-0.2, -0.15) is 0 Å². The van der Waals surface area contributed by atoms with Crippen molar-refractivity contribution in [1.29, 1.82) is 0 Å². The third-order valence-electron chi connectivity index (χ3n) is 7.35. The Bertz CT molecular complexity index is 1330. The van der Waals surface area contributed by atoms with Crippen LogP contribution in [0.15, 0.2) is 72.8 Å². The van der Waals surface area contributed by atoms with Crippen LogP contribution in [0.5, 0.6) is 17.2 Å². The molecule has 0 bridgehead atoms. The normalized spacial score (nSPS) is 19.9. The Morgan fingerprint density at radius 2 is 1.44 bits per heavy atom. The standard InChI is InChI=1S/C33H38N2O6/c1-4-7-20-39-26-17-15-24(16-18-26)34-32(36)29-30(35(41-31(29)33(34)37)25-12-10-9-11-13-25)23-14-19-27(40-21-8-5-2)28(22-23)38-6-3/h9-19,22,29-31H,4-8,20-21H2,1-3H3/t29-,30-,31+/m1/s1. The molecule has 2 aliphatic rings. The van der Waals surface area contributed by atoms with Crippen molar-refractivity contribution in [2.45, 2.75) is 58.6 Å². The van der Waals surface area contributed by atoms with Crippen LogP contribution in [0.25, 0.3) is 0 Å². The van der Waals surface area contributed by atoms with Gasteiger partial charge in [-0.3, -0.25) is 14.4 Å². The van der Waals surface area contributed by atoms with Gasteiger partial charge in [-0.05, 0) is 73.9 Å². The predicted molar refractivity (Wildman–Crippen MR) is 157 cm³/mol. The van der Waals surface area contributed by atoms with Crippen LogP contribution in [0.1, 0.15) is 58.1 Å². The number of hydrogen-bond donors (Lipinski definition) is 0. The van der Waals surface area contributed by atoms with Crippen LogP contribution < -0.4 is 24.2 Å². The van der Waals surface area contributed by atoms with Gasteiger partial charge in [-0.25, -0.2) is 9.96 Å². The molecular formula is C33H38N2O6. The van der Waals surface area contributed by atoms with Crippen LogP contribution in [0.4, 0.5) is 11.4 Å². The van der Waals surface area contributed by atoms with Crippen LogP contribution in [0.3, 0.4) is 0 Å². The number of carbonyl (C=O) groups is 2. The summed E-state index contributed by atoms with van der Waals surface area (Å²) >= 11 is 0. The minimum Gasteiger partial charge on any atom is -0.494 e. The number of benzene rings is 3. The summed E-state index contributed by atoms with van der Waals surface area (Å²) in [6.45, 7) is 7.82. The Morgan fingerprint density at radius 3 is 2.12 bits per heavy atom. The molecule has 3 atom stereocenters. The molecule has 2 fully saturated rings. The number of para-hydroxylation sites is 1. The second-order valence-electron chi connectivity index (χ2n) is 10.2. The SMILES string of the molecule is CCCCOc1ccc(N2C(=O)[C@H]3[C@H](ON(c4ccccc4)[C@@H]3c3ccc(OCCCC)c(OCC)c3)C2=O)cc1. The van der Waals surface area contributed by atoms with Crippen LogP contribution >= 0.6 is 0 Å². The molecular weight excluding hydrogens is 520 g/mol. The number of anilines is 2. The molecule has 2 heterocycles. The molecule has 3 aromatic rings. The summed E-state index contributed by atoms with van der Waals surface area (Å²) in [4.78, 5) is 35.3. The van der Waals surface area contributed by atoms with Crippen molar-refractivity contribution in [3.05, 3.63) is 78.4 Å². The van der Waals surface area contributed by atoms with Crippen molar-refractivity contribution in [3.8, 4) is 17.2 Å². The molecule has 2 aliphatic heterocycles. The summed E-state index contributed by atoms with van der Waals surface area (Å²) in [6, 6.07) is 21.8. The number of nitrogens with zero attached hydrogens (tertiary/aromatic N) is 2. The molecule has 2 saturated heterocycles. The van der Waals surface area contributed by atoms with Crippen LogP contribution in [0, 0.1) is 5.92 Å². The number of rotatable bonds is 13. The molecule has 0 spiro atoms. The van der Waals surface area contributed by atoms with E-state index < -0.39 is 18.1 Å². The topological polar surface area (TPSA) is 77.5 Å². The van der Waals surface area contributed by atoms with E-state index in [0.717, 1.165) is 36.9 Å². The average molecular weight is 559 g/mol. The number of ether oxygens (including phenoxy) is 3. The molecule has 0 radical (unpaired) electrons. The summed E-state index contributed by atoms with van der Waals surface area (Å²) in [5.41, 5.74) is 2.06. The summed E-state index contributed by atoms with van der Waals surface area (Å²) < 4.78 is 17.7. The summed E-state index contributed by atoms with van der Waals surface area (Å²) in [5.74, 6) is 0.532. The molecule has 0 unspecified atom stereocenters. The molecule has 2 amide bonds. The number of amides is 2. The summed E-state index contributed by atoms with van der Waals surface area (Å²) in [7, 11) is 0. The summed E-state index contributed by atoms with van der Waals surface area (Å²) in [5, 5.41) is 1.69. The highest BCUT2D eigenvalue weighted by Crippen LogP contribution is 2.48. The molecule has 8 nitrogen and oxygen atoms in total. The van der Waals surface area contributed by atoms with E-state index in [1.807, 2.05) is 55.5 Å². The number of carbonyl (C=O) groups excluding carboxylic acids is 2. The van der Waals surface area contributed by atoms with Crippen LogP contribution in [0.2, 0.25) is 0 Å². The Balaban J connectivity index is 1.47. The zero-order valence-electron chi connectivity index (χ0n) is 24.0. The highest BCUT2D eigenvalue weighted by Gasteiger charge is 2.60. The highest BCUT2D eigenvalue weighted by molar-refractivity contribution is 6.23. The Labute approximate surface area is 241 Å². The molecule has 8 heteroatoms. The van der Waals surface area contributed by atoms with Gasteiger partial charge in [0.2, 0.25) is 5.91 Å². The van der Waals surface area contributed by atoms with Gasteiger partial charge in [0.25, 0.3) is 5.91 Å². The van der Waals surface area contributed by atoms with Gasteiger partial charge in [0.1, 0.15) is 11.7 Å². The zero-order chi connectivity index (χ0) is 28.8. The maximum absolute atomic E-state index is 14.0. The van der Waals surface area contributed by atoms with Crippen molar-refractivity contribution in [2.75, 3.05) is 29.8 Å². The first-order valence-electron chi connectivity index (χ1n) is 14.6. The van der Waals surface area contributed by atoms with Gasteiger partial charge in [-0.1, -0.05) is 51.0 Å². The zero-order valence-corrected chi connectivity index (χ0v) is 24.0. The Morgan fingerprint density at radius 1 is 0.732 bits per heavy atom. The van der Waals surface area contributed by atoms with E-state index in [2.05, 4.69) is 13.8 Å². The first-order chi connectivity index (χ1) is 20.1. The van der Waals surface area contributed by atoms with Crippen molar-refractivity contribution in [1.82, 2.24) is 0 Å². The maximum atomic E-state index is 14.0. The largest absolute Gasteiger partial charge is 0.494 e. The molecule has 0 N–H and O–H groups in total. The molecule has 41 heavy (non-hydrogen) atoms. The smallest absolute Gasteiger partial charge is 0.266 e. The molecule has 5 rings (SSSR count). The van der Waals surface area contributed by atoms with Gasteiger partial charge in [0.05, 0.1) is 37.2 Å². The van der Waals surface area contributed by atoms with E-state index >= 15 is 0 Å². The van der Waals surface area contributed by atoms with E-state index in [4.69, 9.17) is 19.0 Å². The van der Waals surface area contributed by atoms with E-state index in [1.165, 1.54) is 4.90 Å². The second kappa shape index (κ2) is 13.1. The molecule has 0 saturated carbocycles. The number of imide groups is 1. The van der Waals surface area contributed by atoms with Crippen molar-refractivity contribution >= 4 is 23.2 Å². The number of unbranched alkanes of at least 4 members (excludes halogenated alkanes) is 2. The van der Waals surface area contributed by atoms with Gasteiger partial charge in [0, 0.05) is 0 Å². The monoisotopic (exact) mass is 558 g/mol. The third kappa shape index (κ3) is 5.88. The van der Waals surface area contributed by atoms with E-state index in [1.54, 1.807) is 29.3 Å². The fourth-order valence-electron chi connectivity index (χ4n) is 5.26. The van der Waals surface area contributed by atoms with Gasteiger partial charge >= 0.3 is 0 Å². The van der Waals surface area contributed by atoms with E-state index in [-0.39, 0.29) is 11.8 Å². The fourth-order valence-corrected chi connectivity index (χ4v) is 5.26. The van der Waals surface area contributed by atoms with Crippen LogP contribution in [-0.2, 0) is 14.4 Å². The first kappa shape index (κ1) is 28.5. The van der Waals surface area contributed by atoms with Crippen molar-refractivity contribution in [3.63, 3.8) is 0 Å². The Hall–Kier alpha value is -4.04. The lowest BCUT2D eigenvalue weighted by Crippen LogP contribution is -2.37. The number of fused-ring (bicyclic) bond motifs is 1. The highest BCUT2D eigenvalue weighted by atomic mass is 16.7. The lowest BCUT2D eigenvalue weighted by Gasteiger charge is -2.29. The van der Waals surface area contributed by atoms with Crippen LogP contribution in [-0.4, -0.2) is 37.7 Å². The predicted octanol–water partition coefficient (Wildman–Crippen LogP) is 6.49.